The average Bonchev–Trinajstić information content (AvgIpc) is 2.53. The molecule has 0 spiro atoms. The van der Waals surface area contributed by atoms with Crippen LogP contribution in [0.2, 0.25) is 0 Å². The minimum absolute atomic E-state index is 1.13. The lowest BCUT2D eigenvalue weighted by molar-refractivity contribution is 0.568. The number of aryl methyl sites for hydroxylation is 2. The van der Waals surface area contributed by atoms with E-state index in [0.717, 1.165) is 16.7 Å². The largest absolute Gasteiger partial charge is 0.472 e. The maximum absolute atomic E-state index is 5.04. The van der Waals surface area contributed by atoms with Crippen molar-refractivity contribution in [3.05, 3.63) is 47.9 Å². The molecule has 0 amide bonds. The molecule has 0 saturated heterocycles. The Balaban J connectivity index is 2.53. The number of benzene rings is 1. The number of rotatable bonds is 1. The first-order chi connectivity index (χ1) is 6.25. The van der Waals surface area contributed by atoms with E-state index in [2.05, 4.69) is 32.0 Å². The maximum Gasteiger partial charge on any atom is 0.0980 e. The highest BCUT2D eigenvalue weighted by molar-refractivity contribution is 5.63. The van der Waals surface area contributed by atoms with Gasteiger partial charge in [-0.3, -0.25) is 0 Å². The zero-order valence-electron chi connectivity index (χ0n) is 7.79. The molecule has 1 radical (unpaired) electrons. The molecule has 0 aliphatic carbocycles. The summed E-state index contributed by atoms with van der Waals surface area (Å²) >= 11 is 0. The van der Waals surface area contributed by atoms with Gasteiger partial charge in [-0.2, -0.15) is 0 Å². The molecule has 1 heterocycles. The third kappa shape index (κ3) is 1.64. The van der Waals surface area contributed by atoms with Gasteiger partial charge >= 0.3 is 0 Å². The van der Waals surface area contributed by atoms with Gasteiger partial charge in [-0.15, -0.1) is 0 Å². The molecule has 0 fully saturated rings. The van der Waals surface area contributed by atoms with Crippen LogP contribution in [0.3, 0.4) is 0 Å². The first-order valence-electron chi connectivity index (χ1n) is 4.29. The Kier molecular flexibility index (Phi) is 1.93. The number of hydrogen-bond donors (Lipinski definition) is 0. The summed E-state index contributed by atoms with van der Waals surface area (Å²) in [5.74, 6) is 0. The molecule has 13 heavy (non-hydrogen) atoms. The van der Waals surface area contributed by atoms with Gasteiger partial charge in [0.2, 0.25) is 0 Å². The van der Waals surface area contributed by atoms with Crippen LogP contribution in [-0.2, 0) is 0 Å². The Morgan fingerprint density at radius 1 is 1.08 bits per heavy atom. The highest BCUT2D eigenvalue weighted by Crippen LogP contribution is 2.21. The smallest absolute Gasteiger partial charge is 0.0980 e. The van der Waals surface area contributed by atoms with E-state index in [1.807, 2.05) is 6.07 Å². The third-order valence-electron chi connectivity index (χ3n) is 1.99. The van der Waals surface area contributed by atoms with Gasteiger partial charge in [0.1, 0.15) is 0 Å². The topological polar surface area (TPSA) is 13.1 Å². The average molecular weight is 171 g/mol. The van der Waals surface area contributed by atoms with Crippen molar-refractivity contribution in [3.63, 3.8) is 0 Å². The van der Waals surface area contributed by atoms with Crippen molar-refractivity contribution in [1.29, 1.82) is 0 Å². The van der Waals surface area contributed by atoms with Crippen molar-refractivity contribution in [2.45, 2.75) is 13.8 Å². The van der Waals surface area contributed by atoms with Crippen LogP contribution in [0.25, 0.3) is 11.1 Å². The fourth-order valence-electron chi connectivity index (χ4n) is 1.49. The molecule has 1 nitrogen and oxygen atoms in total. The minimum atomic E-state index is 1.13. The Morgan fingerprint density at radius 2 is 1.77 bits per heavy atom. The van der Waals surface area contributed by atoms with E-state index in [-0.39, 0.29) is 0 Å². The van der Waals surface area contributed by atoms with Crippen molar-refractivity contribution >= 4 is 0 Å². The van der Waals surface area contributed by atoms with Gasteiger partial charge in [-0.25, -0.2) is 0 Å². The van der Waals surface area contributed by atoms with Crippen LogP contribution in [0.1, 0.15) is 11.1 Å². The summed E-state index contributed by atoms with van der Waals surface area (Å²) in [6.45, 7) is 4.10. The predicted octanol–water partition coefficient (Wildman–Crippen LogP) is 3.36. The van der Waals surface area contributed by atoms with E-state index in [9.17, 15) is 0 Å². The Hall–Kier alpha value is -1.50. The van der Waals surface area contributed by atoms with E-state index in [0.29, 0.717) is 0 Å². The fourth-order valence-corrected chi connectivity index (χ4v) is 1.49. The first kappa shape index (κ1) is 8.11. The molecular formula is C12H11O. The van der Waals surface area contributed by atoms with Crippen LogP contribution in [-0.4, -0.2) is 0 Å². The van der Waals surface area contributed by atoms with Crippen LogP contribution in [0, 0.1) is 19.9 Å². The normalized spacial score (nSPS) is 10.3. The fraction of sp³-hybridized carbons (Fsp3) is 0.167. The van der Waals surface area contributed by atoms with Crippen LogP contribution in [0.15, 0.2) is 35.1 Å². The zero-order valence-corrected chi connectivity index (χ0v) is 7.79. The molecule has 2 rings (SSSR count). The Morgan fingerprint density at radius 3 is 2.31 bits per heavy atom. The van der Waals surface area contributed by atoms with E-state index in [1.54, 1.807) is 12.5 Å². The second kappa shape index (κ2) is 3.09. The van der Waals surface area contributed by atoms with Gasteiger partial charge in [0.15, 0.2) is 0 Å². The first-order valence-corrected chi connectivity index (χ1v) is 4.29. The lowest BCUT2D eigenvalue weighted by Crippen LogP contribution is -1.80. The van der Waals surface area contributed by atoms with Crippen LogP contribution < -0.4 is 0 Å². The summed E-state index contributed by atoms with van der Waals surface area (Å²) in [4.78, 5) is 0. The molecule has 2 aromatic rings. The van der Waals surface area contributed by atoms with Gasteiger partial charge in [-0.1, -0.05) is 12.1 Å². The molecule has 1 heteroatoms. The molecule has 0 bridgehead atoms. The molecule has 0 aliphatic rings. The lowest BCUT2D eigenvalue weighted by atomic mass is 10.0. The molecule has 0 unspecified atom stereocenters. The van der Waals surface area contributed by atoms with E-state index < -0.39 is 0 Å². The third-order valence-corrected chi connectivity index (χ3v) is 1.99. The summed E-state index contributed by atoms with van der Waals surface area (Å²) in [5.41, 5.74) is 4.65. The maximum atomic E-state index is 5.04. The van der Waals surface area contributed by atoms with Crippen molar-refractivity contribution in [1.82, 2.24) is 0 Å². The van der Waals surface area contributed by atoms with E-state index in [1.165, 1.54) is 5.56 Å². The summed E-state index contributed by atoms with van der Waals surface area (Å²) in [7, 11) is 0. The van der Waals surface area contributed by atoms with Gasteiger partial charge in [0.05, 0.1) is 12.5 Å². The standard InChI is InChI=1S/C12H11O/c1-9-5-10(2)7-12(6-9)11-3-4-13-8-11/h3-4,6-8H,1-2H3. The van der Waals surface area contributed by atoms with Crippen molar-refractivity contribution in [2.75, 3.05) is 0 Å². The SMILES string of the molecule is Cc1[c]c(C)cc(-c2ccoc2)c1. The lowest BCUT2D eigenvalue weighted by Gasteiger charge is -2.00. The molecule has 0 atom stereocenters. The molecule has 1 aromatic heterocycles. The van der Waals surface area contributed by atoms with Gasteiger partial charge in [-0.05, 0) is 42.7 Å². The summed E-state index contributed by atoms with van der Waals surface area (Å²) in [5, 5.41) is 0. The summed E-state index contributed by atoms with van der Waals surface area (Å²) in [6, 6.07) is 9.43. The predicted molar refractivity (Wildman–Crippen MR) is 52.5 cm³/mol. The molecule has 0 N–H and O–H groups in total. The van der Waals surface area contributed by atoms with Gasteiger partial charge in [0, 0.05) is 5.56 Å². The van der Waals surface area contributed by atoms with Crippen molar-refractivity contribution in [2.24, 2.45) is 0 Å². The second-order valence-electron chi connectivity index (χ2n) is 3.25. The zero-order chi connectivity index (χ0) is 9.26. The summed E-state index contributed by atoms with van der Waals surface area (Å²) in [6.07, 6.45) is 3.45. The van der Waals surface area contributed by atoms with Crippen LogP contribution >= 0.6 is 0 Å². The molecule has 65 valence electrons. The van der Waals surface area contributed by atoms with Crippen molar-refractivity contribution < 1.29 is 4.42 Å². The van der Waals surface area contributed by atoms with E-state index >= 15 is 0 Å². The quantitative estimate of drug-likeness (QED) is 0.641. The monoisotopic (exact) mass is 171 g/mol. The van der Waals surface area contributed by atoms with E-state index in [4.69, 9.17) is 4.42 Å². The number of hydrogen-bond acceptors (Lipinski definition) is 1. The van der Waals surface area contributed by atoms with Gasteiger partial charge in [0.25, 0.3) is 0 Å². The minimum Gasteiger partial charge on any atom is -0.472 e. The Bertz CT molecular complexity index is 379. The second-order valence-corrected chi connectivity index (χ2v) is 3.25. The molecule has 0 saturated carbocycles. The molecule has 0 aliphatic heterocycles. The van der Waals surface area contributed by atoms with Crippen molar-refractivity contribution in [3.8, 4) is 11.1 Å². The van der Waals surface area contributed by atoms with Crippen LogP contribution in [0.4, 0.5) is 0 Å². The molecule has 1 aromatic carbocycles. The highest BCUT2D eigenvalue weighted by atomic mass is 16.3. The highest BCUT2D eigenvalue weighted by Gasteiger charge is 2.00. The van der Waals surface area contributed by atoms with Gasteiger partial charge < -0.3 is 4.42 Å². The molecular weight excluding hydrogens is 160 g/mol. The summed E-state index contributed by atoms with van der Waals surface area (Å²) < 4.78 is 5.04. The van der Waals surface area contributed by atoms with Crippen LogP contribution in [0.5, 0.6) is 0 Å². The Labute approximate surface area is 78.0 Å². The number of furan rings is 1.